The first-order valence-electron chi connectivity index (χ1n) is 4.22. The Balaban J connectivity index is 2.04. The number of aliphatic hydroxyl groups excluding tert-OH is 1. The lowest BCUT2D eigenvalue weighted by molar-refractivity contribution is -0.141. The van der Waals surface area contributed by atoms with Gasteiger partial charge in [-0.25, -0.2) is 0 Å². The summed E-state index contributed by atoms with van der Waals surface area (Å²) in [6.07, 6.45) is 0.641. The lowest BCUT2D eigenvalue weighted by Gasteiger charge is -2.13. The summed E-state index contributed by atoms with van der Waals surface area (Å²) < 4.78 is 4.78. The van der Waals surface area contributed by atoms with Crippen LogP contribution in [0.5, 0.6) is 0 Å². The average Bonchev–Trinajstić information content (AvgIpc) is 2.35. The molecule has 1 atom stereocenters. The van der Waals surface area contributed by atoms with Crippen molar-refractivity contribution >= 4 is 5.97 Å². The molecule has 0 bridgehead atoms. The topological polar surface area (TPSA) is 49.8 Å². The molecule has 70 valence electrons. The largest absolute Gasteiger partial charge is 0.465 e. The standard InChI is InChI=1S/C8H15NO3/c1-7(10)12-5-4-9-3-2-8(11)6-9/h8,11H,2-6H2,1H3. The van der Waals surface area contributed by atoms with Gasteiger partial charge in [-0.1, -0.05) is 0 Å². The van der Waals surface area contributed by atoms with E-state index in [-0.39, 0.29) is 12.1 Å². The summed E-state index contributed by atoms with van der Waals surface area (Å²) in [4.78, 5) is 12.5. The third-order valence-corrected chi connectivity index (χ3v) is 1.96. The third kappa shape index (κ3) is 3.19. The van der Waals surface area contributed by atoms with E-state index in [1.54, 1.807) is 0 Å². The van der Waals surface area contributed by atoms with Crippen molar-refractivity contribution in [2.75, 3.05) is 26.2 Å². The molecule has 1 fully saturated rings. The predicted octanol–water partition coefficient (Wildman–Crippen LogP) is -0.384. The van der Waals surface area contributed by atoms with Crippen LogP contribution < -0.4 is 0 Å². The van der Waals surface area contributed by atoms with Crippen LogP contribution in [0.25, 0.3) is 0 Å². The number of aliphatic hydroxyl groups is 1. The fourth-order valence-electron chi connectivity index (χ4n) is 1.33. The van der Waals surface area contributed by atoms with Crippen LogP contribution in [0.1, 0.15) is 13.3 Å². The highest BCUT2D eigenvalue weighted by molar-refractivity contribution is 5.65. The Morgan fingerprint density at radius 1 is 1.75 bits per heavy atom. The van der Waals surface area contributed by atoms with Crippen molar-refractivity contribution in [1.29, 1.82) is 0 Å². The van der Waals surface area contributed by atoms with Gasteiger partial charge in [0.1, 0.15) is 6.61 Å². The number of nitrogens with zero attached hydrogens (tertiary/aromatic N) is 1. The van der Waals surface area contributed by atoms with Crippen LogP contribution in [0.3, 0.4) is 0 Å². The SMILES string of the molecule is CC(=O)OCCN1CCC(O)C1. The second kappa shape index (κ2) is 4.42. The van der Waals surface area contributed by atoms with Gasteiger partial charge in [0.25, 0.3) is 0 Å². The molecule has 0 spiro atoms. The number of β-amino-alcohol motifs (C(OH)–C–C–N with tert-alkyl or cyclic N) is 1. The number of carbonyl (C=O) groups is 1. The van der Waals surface area contributed by atoms with Gasteiger partial charge >= 0.3 is 5.97 Å². The monoisotopic (exact) mass is 173 g/mol. The van der Waals surface area contributed by atoms with Crippen molar-refractivity contribution in [3.05, 3.63) is 0 Å². The van der Waals surface area contributed by atoms with Gasteiger partial charge in [0.15, 0.2) is 0 Å². The maximum atomic E-state index is 10.4. The molecule has 1 aliphatic heterocycles. The van der Waals surface area contributed by atoms with Crippen LogP contribution in [0.15, 0.2) is 0 Å². The molecular weight excluding hydrogens is 158 g/mol. The van der Waals surface area contributed by atoms with E-state index in [0.29, 0.717) is 13.2 Å². The van der Waals surface area contributed by atoms with Gasteiger partial charge in [-0.15, -0.1) is 0 Å². The maximum Gasteiger partial charge on any atom is 0.302 e. The second-order valence-corrected chi connectivity index (χ2v) is 3.08. The van der Waals surface area contributed by atoms with E-state index < -0.39 is 0 Å². The van der Waals surface area contributed by atoms with Crippen molar-refractivity contribution in [3.63, 3.8) is 0 Å². The molecule has 1 N–H and O–H groups in total. The van der Waals surface area contributed by atoms with Crippen LogP contribution in [-0.4, -0.2) is 48.3 Å². The van der Waals surface area contributed by atoms with E-state index >= 15 is 0 Å². The van der Waals surface area contributed by atoms with Gasteiger partial charge in [-0.3, -0.25) is 9.69 Å². The first-order valence-corrected chi connectivity index (χ1v) is 4.22. The summed E-state index contributed by atoms with van der Waals surface area (Å²) in [5, 5.41) is 9.16. The molecule has 0 aromatic heterocycles. The molecule has 1 aliphatic rings. The molecule has 0 amide bonds. The molecule has 1 unspecified atom stereocenters. The molecule has 0 aliphatic carbocycles. The molecular formula is C8H15NO3. The number of hydrogen-bond acceptors (Lipinski definition) is 4. The summed E-state index contributed by atoms with van der Waals surface area (Å²) in [5.74, 6) is -0.241. The summed E-state index contributed by atoms with van der Waals surface area (Å²) in [7, 11) is 0. The Bertz CT molecular complexity index is 160. The highest BCUT2D eigenvalue weighted by atomic mass is 16.5. The zero-order valence-electron chi connectivity index (χ0n) is 7.32. The Hall–Kier alpha value is -0.610. The molecule has 0 radical (unpaired) electrons. The van der Waals surface area contributed by atoms with Crippen molar-refractivity contribution in [3.8, 4) is 0 Å². The highest BCUT2D eigenvalue weighted by Crippen LogP contribution is 2.07. The summed E-state index contributed by atoms with van der Waals surface area (Å²) in [6, 6.07) is 0. The quantitative estimate of drug-likeness (QED) is 0.591. The first-order chi connectivity index (χ1) is 5.68. The van der Waals surface area contributed by atoms with Gasteiger partial charge in [0.05, 0.1) is 6.10 Å². The van der Waals surface area contributed by atoms with Gasteiger partial charge in [-0.2, -0.15) is 0 Å². The number of rotatable bonds is 3. The molecule has 4 heteroatoms. The Labute approximate surface area is 72.1 Å². The van der Waals surface area contributed by atoms with Crippen molar-refractivity contribution in [2.45, 2.75) is 19.4 Å². The van der Waals surface area contributed by atoms with E-state index in [1.165, 1.54) is 6.92 Å². The fourth-order valence-corrected chi connectivity index (χ4v) is 1.33. The summed E-state index contributed by atoms with van der Waals surface area (Å²) in [5.41, 5.74) is 0. The Morgan fingerprint density at radius 2 is 2.50 bits per heavy atom. The minimum atomic E-state index is -0.241. The zero-order valence-corrected chi connectivity index (χ0v) is 7.32. The highest BCUT2D eigenvalue weighted by Gasteiger charge is 2.19. The van der Waals surface area contributed by atoms with Gasteiger partial charge < -0.3 is 9.84 Å². The fraction of sp³-hybridized carbons (Fsp3) is 0.875. The number of likely N-dealkylation sites (tertiary alicyclic amines) is 1. The molecule has 4 nitrogen and oxygen atoms in total. The lowest BCUT2D eigenvalue weighted by Crippen LogP contribution is -2.26. The van der Waals surface area contributed by atoms with E-state index in [0.717, 1.165) is 19.5 Å². The molecule has 0 aromatic rings. The van der Waals surface area contributed by atoms with Gasteiger partial charge in [0.2, 0.25) is 0 Å². The maximum absolute atomic E-state index is 10.4. The number of ether oxygens (including phenoxy) is 1. The van der Waals surface area contributed by atoms with E-state index in [4.69, 9.17) is 9.84 Å². The van der Waals surface area contributed by atoms with E-state index in [2.05, 4.69) is 4.90 Å². The normalized spacial score (nSPS) is 24.3. The van der Waals surface area contributed by atoms with Crippen molar-refractivity contribution in [2.24, 2.45) is 0 Å². The van der Waals surface area contributed by atoms with Crippen LogP contribution >= 0.6 is 0 Å². The van der Waals surface area contributed by atoms with Crippen LogP contribution in [0.2, 0.25) is 0 Å². The molecule has 1 saturated heterocycles. The Kier molecular flexibility index (Phi) is 3.49. The third-order valence-electron chi connectivity index (χ3n) is 1.96. The minimum Gasteiger partial charge on any atom is -0.465 e. The number of esters is 1. The lowest BCUT2D eigenvalue weighted by atomic mass is 10.3. The smallest absolute Gasteiger partial charge is 0.302 e. The Morgan fingerprint density at radius 3 is 3.00 bits per heavy atom. The van der Waals surface area contributed by atoms with E-state index in [9.17, 15) is 4.79 Å². The number of hydrogen-bond donors (Lipinski definition) is 1. The van der Waals surface area contributed by atoms with Gasteiger partial charge in [-0.05, 0) is 6.42 Å². The predicted molar refractivity (Wildman–Crippen MR) is 43.7 cm³/mol. The van der Waals surface area contributed by atoms with E-state index in [1.807, 2.05) is 0 Å². The second-order valence-electron chi connectivity index (χ2n) is 3.08. The van der Waals surface area contributed by atoms with Crippen molar-refractivity contribution in [1.82, 2.24) is 4.90 Å². The van der Waals surface area contributed by atoms with Crippen LogP contribution in [0, 0.1) is 0 Å². The van der Waals surface area contributed by atoms with Crippen LogP contribution in [0.4, 0.5) is 0 Å². The molecule has 12 heavy (non-hydrogen) atoms. The minimum absolute atomic E-state index is 0.192. The summed E-state index contributed by atoms with van der Waals surface area (Å²) in [6.45, 7) is 4.18. The molecule has 0 saturated carbocycles. The number of carbonyl (C=O) groups excluding carboxylic acids is 1. The molecule has 0 aromatic carbocycles. The average molecular weight is 173 g/mol. The van der Waals surface area contributed by atoms with Crippen LogP contribution in [-0.2, 0) is 9.53 Å². The zero-order chi connectivity index (χ0) is 8.97. The molecule has 1 rings (SSSR count). The first kappa shape index (κ1) is 9.48. The van der Waals surface area contributed by atoms with Gasteiger partial charge in [0, 0.05) is 26.6 Å². The van der Waals surface area contributed by atoms with Crippen molar-refractivity contribution < 1.29 is 14.6 Å². The molecule has 1 heterocycles. The summed E-state index contributed by atoms with van der Waals surface area (Å²) >= 11 is 0.